The SMILES string of the molecule is COC1CNC(C(=O)NCC(c2ccccc2)N(C)C)C1. The van der Waals surface area contributed by atoms with Gasteiger partial charge in [-0.1, -0.05) is 30.3 Å². The summed E-state index contributed by atoms with van der Waals surface area (Å²) in [5.41, 5.74) is 1.21. The Hall–Kier alpha value is -1.43. The minimum Gasteiger partial charge on any atom is -0.380 e. The van der Waals surface area contributed by atoms with Gasteiger partial charge in [-0.3, -0.25) is 4.79 Å². The number of ether oxygens (including phenoxy) is 1. The zero-order valence-electron chi connectivity index (χ0n) is 13.0. The Labute approximate surface area is 126 Å². The summed E-state index contributed by atoms with van der Waals surface area (Å²) in [6.07, 6.45) is 0.875. The number of nitrogens with one attached hydrogen (secondary N) is 2. The average molecular weight is 291 g/mol. The van der Waals surface area contributed by atoms with E-state index in [2.05, 4.69) is 27.7 Å². The number of amides is 1. The van der Waals surface area contributed by atoms with E-state index in [9.17, 15) is 4.79 Å². The summed E-state index contributed by atoms with van der Waals surface area (Å²) >= 11 is 0. The van der Waals surface area contributed by atoms with E-state index in [0.29, 0.717) is 6.54 Å². The highest BCUT2D eigenvalue weighted by atomic mass is 16.5. The Balaban J connectivity index is 1.89. The van der Waals surface area contributed by atoms with E-state index in [-0.39, 0.29) is 24.1 Å². The second-order valence-corrected chi connectivity index (χ2v) is 5.69. The zero-order chi connectivity index (χ0) is 15.2. The van der Waals surface area contributed by atoms with Crippen LogP contribution in [0.25, 0.3) is 0 Å². The van der Waals surface area contributed by atoms with E-state index < -0.39 is 0 Å². The molecule has 0 bridgehead atoms. The Morgan fingerprint density at radius 1 is 1.43 bits per heavy atom. The van der Waals surface area contributed by atoms with Gasteiger partial charge in [0, 0.05) is 20.2 Å². The number of benzene rings is 1. The van der Waals surface area contributed by atoms with Gasteiger partial charge in [-0.2, -0.15) is 0 Å². The first-order valence-electron chi connectivity index (χ1n) is 7.37. The molecule has 1 fully saturated rings. The lowest BCUT2D eigenvalue weighted by molar-refractivity contribution is -0.123. The highest BCUT2D eigenvalue weighted by Gasteiger charge is 2.29. The lowest BCUT2D eigenvalue weighted by Crippen LogP contribution is -2.43. The molecule has 1 heterocycles. The third-order valence-electron chi connectivity index (χ3n) is 4.02. The van der Waals surface area contributed by atoms with Crippen LogP contribution in [0.5, 0.6) is 0 Å². The number of hydrogen-bond acceptors (Lipinski definition) is 4. The highest BCUT2D eigenvalue weighted by molar-refractivity contribution is 5.82. The van der Waals surface area contributed by atoms with E-state index in [4.69, 9.17) is 4.74 Å². The molecule has 1 amide bonds. The molecule has 0 aromatic heterocycles. The molecule has 0 saturated carbocycles. The van der Waals surface area contributed by atoms with Crippen molar-refractivity contribution in [2.24, 2.45) is 0 Å². The quantitative estimate of drug-likeness (QED) is 0.813. The van der Waals surface area contributed by atoms with Gasteiger partial charge in [0.2, 0.25) is 5.91 Å². The molecule has 2 rings (SSSR count). The monoisotopic (exact) mass is 291 g/mol. The number of nitrogens with zero attached hydrogens (tertiary/aromatic N) is 1. The molecule has 2 N–H and O–H groups in total. The first-order chi connectivity index (χ1) is 10.1. The number of carbonyl (C=O) groups is 1. The van der Waals surface area contributed by atoms with Crippen LogP contribution in [0.4, 0.5) is 0 Å². The zero-order valence-corrected chi connectivity index (χ0v) is 13.0. The lowest BCUT2D eigenvalue weighted by atomic mass is 10.1. The summed E-state index contributed by atoms with van der Waals surface area (Å²) < 4.78 is 5.27. The maximum absolute atomic E-state index is 12.2. The van der Waals surface area contributed by atoms with Crippen LogP contribution in [-0.2, 0) is 9.53 Å². The van der Waals surface area contributed by atoms with Gasteiger partial charge in [-0.25, -0.2) is 0 Å². The fourth-order valence-corrected chi connectivity index (χ4v) is 2.68. The molecule has 5 nitrogen and oxygen atoms in total. The Morgan fingerprint density at radius 3 is 2.71 bits per heavy atom. The minimum absolute atomic E-state index is 0.0531. The van der Waals surface area contributed by atoms with Gasteiger partial charge in [0.05, 0.1) is 18.2 Å². The number of rotatable bonds is 6. The molecule has 21 heavy (non-hydrogen) atoms. The summed E-state index contributed by atoms with van der Waals surface area (Å²) in [5.74, 6) is 0.0531. The molecule has 1 aliphatic rings. The van der Waals surface area contributed by atoms with Crippen molar-refractivity contribution >= 4 is 5.91 Å². The van der Waals surface area contributed by atoms with Gasteiger partial charge >= 0.3 is 0 Å². The van der Waals surface area contributed by atoms with E-state index >= 15 is 0 Å². The van der Waals surface area contributed by atoms with Crippen molar-refractivity contribution in [1.29, 1.82) is 0 Å². The van der Waals surface area contributed by atoms with Crippen molar-refractivity contribution in [3.8, 4) is 0 Å². The number of hydrogen-bond donors (Lipinski definition) is 2. The molecule has 5 heteroatoms. The summed E-state index contributed by atoms with van der Waals surface area (Å²) in [6, 6.07) is 10.3. The highest BCUT2D eigenvalue weighted by Crippen LogP contribution is 2.17. The van der Waals surface area contributed by atoms with Crippen LogP contribution in [0.2, 0.25) is 0 Å². The molecule has 1 aromatic rings. The third-order valence-corrected chi connectivity index (χ3v) is 4.02. The fraction of sp³-hybridized carbons (Fsp3) is 0.562. The Kier molecular flexibility index (Phi) is 5.73. The van der Waals surface area contributed by atoms with Crippen LogP contribution in [-0.4, -0.2) is 57.2 Å². The van der Waals surface area contributed by atoms with Crippen molar-refractivity contribution in [2.75, 3.05) is 34.3 Å². The first-order valence-corrected chi connectivity index (χ1v) is 7.37. The molecule has 3 atom stereocenters. The van der Waals surface area contributed by atoms with Crippen molar-refractivity contribution in [1.82, 2.24) is 15.5 Å². The van der Waals surface area contributed by atoms with E-state index in [1.807, 2.05) is 32.3 Å². The second kappa shape index (κ2) is 7.54. The van der Waals surface area contributed by atoms with Crippen LogP contribution < -0.4 is 10.6 Å². The molecule has 0 aliphatic carbocycles. The maximum atomic E-state index is 12.2. The summed E-state index contributed by atoms with van der Waals surface area (Å²) in [5, 5.41) is 6.25. The van der Waals surface area contributed by atoms with E-state index in [0.717, 1.165) is 13.0 Å². The van der Waals surface area contributed by atoms with Crippen LogP contribution in [0.1, 0.15) is 18.0 Å². The summed E-state index contributed by atoms with van der Waals surface area (Å²) in [7, 11) is 5.74. The van der Waals surface area contributed by atoms with Gasteiger partial charge in [0.15, 0.2) is 0 Å². The fourth-order valence-electron chi connectivity index (χ4n) is 2.68. The molecule has 0 spiro atoms. The van der Waals surface area contributed by atoms with Crippen LogP contribution in [0, 0.1) is 0 Å². The maximum Gasteiger partial charge on any atom is 0.237 e. The van der Waals surface area contributed by atoms with Gasteiger partial charge in [0.25, 0.3) is 0 Å². The largest absolute Gasteiger partial charge is 0.380 e. The molecule has 1 saturated heterocycles. The van der Waals surface area contributed by atoms with Gasteiger partial charge < -0.3 is 20.3 Å². The lowest BCUT2D eigenvalue weighted by Gasteiger charge is -2.25. The van der Waals surface area contributed by atoms with E-state index in [1.165, 1.54) is 5.56 Å². The van der Waals surface area contributed by atoms with Gasteiger partial charge in [-0.15, -0.1) is 0 Å². The molecular weight excluding hydrogens is 266 g/mol. The van der Waals surface area contributed by atoms with Crippen LogP contribution >= 0.6 is 0 Å². The van der Waals surface area contributed by atoms with Crippen LogP contribution in [0.3, 0.4) is 0 Å². The predicted octanol–water partition coefficient (Wildman–Crippen LogP) is 0.782. The smallest absolute Gasteiger partial charge is 0.237 e. The summed E-state index contributed by atoms with van der Waals surface area (Å²) in [4.78, 5) is 14.3. The molecule has 1 aliphatic heterocycles. The standard InChI is InChI=1S/C16H25N3O2/c1-19(2)15(12-7-5-4-6-8-12)11-18-16(20)14-9-13(21-3)10-17-14/h4-8,13-15,17H,9-11H2,1-3H3,(H,18,20). The molecule has 116 valence electrons. The number of methoxy groups -OCH3 is 1. The molecule has 3 unspecified atom stereocenters. The average Bonchev–Trinajstić information content (AvgIpc) is 2.97. The molecular formula is C16H25N3O2. The minimum atomic E-state index is -0.145. The van der Waals surface area contributed by atoms with Crippen LogP contribution in [0.15, 0.2) is 30.3 Å². The normalized spacial score (nSPS) is 23.2. The van der Waals surface area contributed by atoms with Crippen molar-refractivity contribution in [2.45, 2.75) is 24.6 Å². The van der Waals surface area contributed by atoms with Crippen molar-refractivity contribution < 1.29 is 9.53 Å². The molecule has 1 aromatic carbocycles. The Bertz CT molecular complexity index is 450. The first kappa shape index (κ1) is 15.9. The Morgan fingerprint density at radius 2 is 2.14 bits per heavy atom. The topological polar surface area (TPSA) is 53.6 Å². The second-order valence-electron chi connectivity index (χ2n) is 5.69. The van der Waals surface area contributed by atoms with Gasteiger partial charge in [0.1, 0.15) is 0 Å². The van der Waals surface area contributed by atoms with Crippen molar-refractivity contribution in [3.05, 3.63) is 35.9 Å². The number of carbonyl (C=O) groups excluding carboxylic acids is 1. The summed E-state index contributed by atoms with van der Waals surface area (Å²) in [6.45, 7) is 1.34. The molecule has 0 radical (unpaired) electrons. The number of likely N-dealkylation sites (N-methyl/N-ethyl adjacent to an activating group) is 1. The van der Waals surface area contributed by atoms with Gasteiger partial charge in [-0.05, 0) is 26.1 Å². The third kappa shape index (κ3) is 4.27. The van der Waals surface area contributed by atoms with E-state index in [1.54, 1.807) is 7.11 Å². The van der Waals surface area contributed by atoms with Crippen molar-refractivity contribution in [3.63, 3.8) is 0 Å². The predicted molar refractivity (Wildman–Crippen MR) is 83.1 cm³/mol.